The third-order valence-corrected chi connectivity index (χ3v) is 3.25. The molecule has 80 valence electrons. The minimum atomic E-state index is 1.18. The van der Waals surface area contributed by atoms with Crippen LogP contribution in [0, 0.1) is 0 Å². The van der Waals surface area contributed by atoms with Gasteiger partial charge in [-0.05, 0) is 37.7 Å². The molecule has 0 aromatic carbocycles. The first-order valence-electron chi connectivity index (χ1n) is 6.12. The molecule has 0 fully saturated rings. The Labute approximate surface area is 93.1 Å². The zero-order valence-electron chi connectivity index (χ0n) is 9.63. The van der Waals surface area contributed by atoms with Gasteiger partial charge in [0.1, 0.15) is 0 Å². The average molecular weight is 200 g/mol. The second-order valence-corrected chi connectivity index (χ2v) is 4.44. The summed E-state index contributed by atoms with van der Waals surface area (Å²) in [6.07, 6.45) is 18.8. The number of hydrogen-bond acceptors (Lipinski definition) is 0. The molecule has 2 aliphatic rings. The molecule has 0 radical (unpaired) electrons. The molecule has 0 aromatic heterocycles. The molecule has 0 atom stereocenters. The van der Waals surface area contributed by atoms with Gasteiger partial charge in [0.15, 0.2) is 0 Å². The predicted molar refractivity (Wildman–Crippen MR) is 66.8 cm³/mol. The minimum Gasteiger partial charge on any atom is -0.0805 e. The van der Waals surface area contributed by atoms with Crippen LogP contribution in [0.5, 0.6) is 0 Å². The normalized spacial score (nSPS) is 19.1. The first-order chi connectivity index (χ1) is 7.40. The minimum absolute atomic E-state index is 1.18. The summed E-state index contributed by atoms with van der Waals surface area (Å²) in [7, 11) is 0. The van der Waals surface area contributed by atoms with Crippen LogP contribution in [0.1, 0.15) is 45.4 Å². The molecule has 2 aliphatic carbocycles. The van der Waals surface area contributed by atoms with E-state index in [1.807, 2.05) is 0 Å². The van der Waals surface area contributed by atoms with E-state index in [-0.39, 0.29) is 0 Å². The molecule has 0 aliphatic heterocycles. The van der Waals surface area contributed by atoms with Crippen LogP contribution in [0.25, 0.3) is 0 Å². The van der Waals surface area contributed by atoms with Crippen LogP contribution < -0.4 is 0 Å². The molecule has 0 nitrogen and oxygen atoms in total. The fourth-order valence-corrected chi connectivity index (χ4v) is 2.39. The van der Waals surface area contributed by atoms with Gasteiger partial charge in [-0.3, -0.25) is 0 Å². The van der Waals surface area contributed by atoms with Gasteiger partial charge in [-0.25, -0.2) is 0 Å². The predicted octanol–water partition coefficient (Wildman–Crippen LogP) is 4.71. The van der Waals surface area contributed by atoms with Gasteiger partial charge in [-0.2, -0.15) is 0 Å². The van der Waals surface area contributed by atoms with Crippen molar-refractivity contribution in [1.82, 2.24) is 0 Å². The Morgan fingerprint density at radius 2 is 2.00 bits per heavy atom. The van der Waals surface area contributed by atoms with Crippen LogP contribution in [0.2, 0.25) is 0 Å². The highest BCUT2D eigenvalue weighted by Gasteiger charge is 2.09. The summed E-state index contributed by atoms with van der Waals surface area (Å²) < 4.78 is 0. The maximum absolute atomic E-state index is 2.34. The Kier molecular flexibility index (Phi) is 3.60. The van der Waals surface area contributed by atoms with E-state index in [2.05, 4.69) is 37.3 Å². The Morgan fingerprint density at radius 1 is 1.07 bits per heavy atom. The molecule has 0 saturated heterocycles. The van der Waals surface area contributed by atoms with Crippen molar-refractivity contribution in [3.63, 3.8) is 0 Å². The lowest BCUT2D eigenvalue weighted by molar-refractivity contribution is 0.848. The van der Waals surface area contributed by atoms with Crippen molar-refractivity contribution in [2.24, 2.45) is 0 Å². The van der Waals surface area contributed by atoms with E-state index in [1.54, 1.807) is 16.7 Å². The van der Waals surface area contributed by atoms with Crippen molar-refractivity contribution in [2.75, 3.05) is 0 Å². The summed E-state index contributed by atoms with van der Waals surface area (Å²) in [6.45, 7) is 2.27. The average Bonchev–Trinajstić information content (AvgIpc) is 2.85. The van der Waals surface area contributed by atoms with Crippen LogP contribution in [-0.4, -0.2) is 0 Å². The maximum Gasteiger partial charge on any atom is -0.0130 e. The fourth-order valence-electron chi connectivity index (χ4n) is 2.39. The zero-order chi connectivity index (χ0) is 10.5. The van der Waals surface area contributed by atoms with Crippen molar-refractivity contribution in [3.05, 3.63) is 47.1 Å². The van der Waals surface area contributed by atoms with Crippen LogP contribution in [0.4, 0.5) is 0 Å². The number of rotatable bonds is 5. The summed E-state index contributed by atoms with van der Waals surface area (Å²) in [5.74, 6) is 0. The summed E-state index contributed by atoms with van der Waals surface area (Å²) in [6, 6.07) is 0. The van der Waals surface area contributed by atoms with Crippen molar-refractivity contribution in [3.8, 4) is 0 Å². The van der Waals surface area contributed by atoms with Gasteiger partial charge in [0.25, 0.3) is 0 Å². The van der Waals surface area contributed by atoms with Gasteiger partial charge in [0.2, 0.25) is 0 Å². The van der Waals surface area contributed by atoms with Crippen LogP contribution in [0.3, 0.4) is 0 Å². The molecule has 15 heavy (non-hydrogen) atoms. The molecule has 0 heteroatoms. The molecule has 0 saturated carbocycles. The maximum atomic E-state index is 2.34. The van der Waals surface area contributed by atoms with E-state index in [0.29, 0.717) is 0 Å². The SMILES string of the molecule is CCCC1=C(CCC2=CC=CC2)C=CC1. The number of hydrogen-bond donors (Lipinski definition) is 0. The van der Waals surface area contributed by atoms with Crippen LogP contribution >= 0.6 is 0 Å². The Bertz CT molecular complexity index is 337. The lowest BCUT2D eigenvalue weighted by Crippen LogP contribution is -1.87. The molecule has 0 N–H and O–H groups in total. The third-order valence-electron chi connectivity index (χ3n) is 3.25. The van der Waals surface area contributed by atoms with Gasteiger partial charge in [0.05, 0.1) is 0 Å². The van der Waals surface area contributed by atoms with Gasteiger partial charge in [-0.15, -0.1) is 0 Å². The van der Waals surface area contributed by atoms with E-state index >= 15 is 0 Å². The van der Waals surface area contributed by atoms with Crippen molar-refractivity contribution in [2.45, 2.75) is 45.4 Å². The largest absolute Gasteiger partial charge is 0.0805 e. The van der Waals surface area contributed by atoms with E-state index in [4.69, 9.17) is 0 Å². The molecule has 0 bridgehead atoms. The molecular weight excluding hydrogens is 180 g/mol. The molecule has 2 rings (SSSR count). The number of allylic oxidation sites excluding steroid dienone is 8. The first kappa shape index (κ1) is 10.5. The zero-order valence-corrected chi connectivity index (χ0v) is 9.63. The summed E-state index contributed by atoms with van der Waals surface area (Å²) in [5, 5.41) is 0. The van der Waals surface area contributed by atoms with Gasteiger partial charge in [-0.1, -0.05) is 54.9 Å². The second kappa shape index (κ2) is 5.16. The highest BCUT2D eigenvalue weighted by Crippen LogP contribution is 2.28. The van der Waals surface area contributed by atoms with Gasteiger partial charge >= 0.3 is 0 Å². The quantitative estimate of drug-likeness (QED) is 0.603. The fraction of sp³-hybridized carbons (Fsp3) is 0.467. The molecule has 0 amide bonds. The molecule has 0 heterocycles. The van der Waals surface area contributed by atoms with Crippen LogP contribution in [0.15, 0.2) is 47.1 Å². The van der Waals surface area contributed by atoms with Gasteiger partial charge < -0.3 is 0 Å². The molecule has 0 unspecified atom stereocenters. The van der Waals surface area contributed by atoms with E-state index in [9.17, 15) is 0 Å². The highest BCUT2D eigenvalue weighted by atomic mass is 14.1. The van der Waals surface area contributed by atoms with Crippen molar-refractivity contribution >= 4 is 0 Å². The Balaban J connectivity index is 1.87. The monoisotopic (exact) mass is 200 g/mol. The topological polar surface area (TPSA) is 0 Å². The van der Waals surface area contributed by atoms with Crippen molar-refractivity contribution < 1.29 is 0 Å². The lowest BCUT2D eigenvalue weighted by atomic mass is 9.99. The van der Waals surface area contributed by atoms with E-state index in [1.165, 1.54) is 38.5 Å². The standard InChI is InChI=1S/C15H20/c1-2-6-14-9-5-10-15(14)12-11-13-7-3-4-8-13/h3-5,7,10H,2,6,8-9,11-12H2,1H3. The van der Waals surface area contributed by atoms with E-state index < -0.39 is 0 Å². The van der Waals surface area contributed by atoms with Crippen LogP contribution in [-0.2, 0) is 0 Å². The summed E-state index contributed by atoms with van der Waals surface area (Å²) in [4.78, 5) is 0. The van der Waals surface area contributed by atoms with E-state index in [0.717, 1.165) is 0 Å². The van der Waals surface area contributed by atoms with Gasteiger partial charge in [0, 0.05) is 0 Å². The molecule has 0 aromatic rings. The Hall–Kier alpha value is -1.04. The Morgan fingerprint density at radius 3 is 2.73 bits per heavy atom. The smallest absolute Gasteiger partial charge is 0.0130 e. The van der Waals surface area contributed by atoms with Crippen molar-refractivity contribution in [1.29, 1.82) is 0 Å². The lowest BCUT2D eigenvalue weighted by Gasteiger charge is -2.06. The second-order valence-electron chi connectivity index (χ2n) is 4.44. The first-order valence-corrected chi connectivity index (χ1v) is 6.12. The third kappa shape index (κ3) is 2.71. The highest BCUT2D eigenvalue weighted by molar-refractivity contribution is 5.35. The molecular formula is C15H20. The molecule has 0 spiro atoms. The summed E-state index contributed by atoms with van der Waals surface area (Å²) >= 11 is 0. The summed E-state index contributed by atoms with van der Waals surface area (Å²) in [5.41, 5.74) is 4.90.